The van der Waals surface area contributed by atoms with Crippen molar-refractivity contribution in [3.8, 4) is 5.75 Å². The summed E-state index contributed by atoms with van der Waals surface area (Å²) >= 11 is 3.47. The molecule has 0 unspecified atom stereocenters. The summed E-state index contributed by atoms with van der Waals surface area (Å²) in [4.78, 5) is 13.8. The zero-order valence-corrected chi connectivity index (χ0v) is 18.2. The normalized spacial score (nSPS) is 15.6. The Hall–Kier alpha value is -1.58. The lowest BCUT2D eigenvalue weighted by Crippen LogP contribution is -2.53. The number of ether oxygens (including phenoxy) is 1. The molecule has 7 nitrogen and oxygen atoms in total. The van der Waals surface area contributed by atoms with Gasteiger partial charge in [0.2, 0.25) is 11.9 Å². The fourth-order valence-electron chi connectivity index (χ4n) is 2.42. The quantitative estimate of drug-likeness (QED) is 0.430. The molecular formula is C17H25Br2N5O2. The molecule has 0 aromatic heterocycles. The Morgan fingerprint density at radius 2 is 2.04 bits per heavy atom. The highest BCUT2D eigenvalue weighted by Crippen LogP contribution is 2.24. The number of hydrogen-bond acceptors (Lipinski definition) is 7. The van der Waals surface area contributed by atoms with Crippen LogP contribution in [0, 0.1) is 0 Å². The van der Waals surface area contributed by atoms with Gasteiger partial charge in [0.1, 0.15) is 5.75 Å². The van der Waals surface area contributed by atoms with Crippen LogP contribution in [-0.4, -0.2) is 35.9 Å². The van der Waals surface area contributed by atoms with Crippen molar-refractivity contribution in [3.63, 3.8) is 0 Å². The summed E-state index contributed by atoms with van der Waals surface area (Å²) in [5.41, 5.74) is 11.9. The van der Waals surface area contributed by atoms with Crippen LogP contribution in [0.25, 0.3) is 0 Å². The lowest BCUT2D eigenvalue weighted by atomic mass is 10.1. The molecule has 0 aliphatic carbocycles. The number of aliphatic imine (C=N–C) groups is 2. The standard InChI is InChI=1S/C17H24BrN5O2.BrH/c1-4-6-12-11-13(18)7-8-14(12)24-9-5-10-25-23-16(20)21-15(19)22-17(23,2)3;/h4,7-8,11H,1,5-6,9-10H2,2-3H3,(H4,19,20,21,22);1H. The highest BCUT2D eigenvalue weighted by Gasteiger charge is 2.32. The number of hydrogen-bond donors (Lipinski definition) is 2. The van der Waals surface area contributed by atoms with Crippen LogP contribution in [0.3, 0.4) is 0 Å². The van der Waals surface area contributed by atoms with Gasteiger partial charge < -0.3 is 16.2 Å². The highest BCUT2D eigenvalue weighted by molar-refractivity contribution is 9.10. The van der Waals surface area contributed by atoms with Gasteiger partial charge in [-0.3, -0.25) is 4.84 Å². The average molecular weight is 491 g/mol. The monoisotopic (exact) mass is 489 g/mol. The van der Waals surface area contributed by atoms with E-state index in [0.29, 0.717) is 19.6 Å². The Morgan fingerprint density at radius 1 is 1.31 bits per heavy atom. The van der Waals surface area contributed by atoms with Gasteiger partial charge in [0.05, 0.1) is 13.2 Å². The SMILES string of the molecule is Br.C=CCc1cc(Br)ccc1OCCCON1C(N)=NC(N)=NC1(C)C. The molecule has 0 amide bonds. The minimum Gasteiger partial charge on any atom is -0.493 e. The molecule has 0 saturated heterocycles. The fourth-order valence-corrected chi connectivity index (χ4v) is 2.83. The minimum absolute atomic E-state index is 0. The van der Waals surface area contributed by atoms with Gasteiger partial charge in [-0.25, -0.2) is 4.99 Å². The maximum Gasteiger partial charge on any atom is 0.226 e. The lowest BCUT2D eigenvalue weighted by Gasteiger charge is -2.36. The molecule has 0 radical (unpaired) electrons. The number of benzene rings is 1. The zero-order valence-electron chi connectivity index (χ0n) is 14.9. The summed E-state index contributed by atoms with van der Waals surface area (Å²) in [5.74, 6) is 1.19. The van der Waals surface area contributed by atoms with Gasteiger partial charge in [-0.05, 0) is 44.0 Å². The third-order valence-electron chi connectivity index (χ3n) is 3.48. The molecule has 0 saturated carbocycles. The number of rotatable bonds is 8. The molecule has 1 aliphatic heterocycles. The van der Waals surface area contributed by atoms with E-state index in [2.05, 4.69) is 32.5 Å². The van der Waals surface area contributed by atoms with E-state index >= 15 is 0 Å². The van der Waals surface area contributed by atoms with Gasteiger partial charge in [0.25, 0.3) is 0 Å². The van der Waals surface area contributed by atoms with Crippen LogP contribution >= 0.6 is 32.9 Å². The largest absolute Gasteiger partial charge is 0.493 e. The molecule has 144 valence electrons. The maximum absolute atomic E-state index is 5.86. The summed E-state index contributed by atoms with van der Waals surface area (Å²) < 4.78 is 6.87. The van der Waals surface area contributed by atoms with Gasteiger partial charge in [0, 0.05) is 10.9 Å². The van der Waals surface area contributed by atoms with Crippen LogP contribution in [0.5, 0.6) is 5.75 Å². The lowest BCUT2D eigenvalue weighted by molar-refractivity contribution is -0.158. The van der Waals surface area contributed by atoms with Gasteiger partial charge in [-0.1, -0.05) is 22.0 Å². The molecule has 9 heteroatoms. The van der Waals surface area contributed by atoms with E-state index < -0.39 is 5.66 Å². The summed E-state index contributed by atoms with van der Waals surface area (Å²) in [5, 5.41) is 1.46. The molecule has 1 heterocycles. The molecular weight excluding hydrogens is 466 g/mol. The van der Waals surface area contributed by atoms with E-state index in [1.54, 1.807) is 0 Å². The topological polar surface area (TPSA) is 98.5 Å². The highest BCUT2D eigenvalue weighted by atomic mass is 79.9. The predicted molar refractivity (Wildman–Crippen MR) is 114 cm³/mol. The number of halogens is 2. The van der Waals surface area contributed by atoms with E-state index in [1.165, 1.54) is 5.06 Å². The van der Waals surface area contributed by atoms with Crippen LogP contribution in [-0.2, 0) is 11.3 Å². The van der Waals surface area contributed by atoms with Crippen molar-refractivity contribution in [1.29, 1.82) is 0 Å². The zero-order chi connectivity index (χ0) is 18.4. The first-order valence-corrected chi connectivity index (χ1v) is 8.77. The molecule has 4 N–H and O–H groups in total. The van der Waals surface area contributed by atoms with Crippen molar-refractivity contribution in [2.45, 2.75) is 32.4 Å². The second-order valence-electron chi connectivity index (χ2n) is 6.01. The van der Waals surface area contributed by atoms with E-state index in [4.69, 9.17) is 21.0 Å². The van der Waals surface area contributed by atoms with Crippen LogP contribution < -0.4 is 16.2 Å². The van der Waals surface area contributed by atoms with Crippen LogP contribution in [0.15, 0.2) is 45.3 Å². The van der Waals surface area contributed by atoms with Gasteiger partial charge >= 0.3 is 0 Å². The van der Waals surface area contributed by atoms with E-state index in [1.807, 2.05) is 38.1 Å². The van der Waals surface area contributed by atoms with Crippen LogP contribution in [0.4, 0.5) is 0 Å². The summed E-state index contributed by atoms with van der Waals surface area (Å²) in [6, 6.07) is 5.93. The number of nitrogens with two attached hydrogens (primary N) is 2. The molecule has 0 atom stereocenters. The first kappa shape index (κ1) is 22.5. The second-order valence-corrected chi connectivity index (χ2v) is 6.92. The van der Waals surface area contributed by atoms with Crippen molar-refractivity contribution >= 4 is 44.8 Å². The minimum atomic E-state index is -0.695. The fraction of sp³-hybridized carbons (Fsp3) is 0.412. The predicted octanol–water partition coefficient (Wildman–Crippen LogP) is 3.14. The Bertz CT molecular complexity index is 692. The van der Waals surface area contributed by atoms with E-state index in [9.17, 15) is 0 Å². The van der Waals surface area contributed by atoms with Crippen molar-refractivity contribution in [1.82, 2.24) is 5.06 Å². The number of hydroxylamine groups is 2. The van der Waals surface area contributed by atoms with E-state index in [0.717, 1.165) is 22.2 Å². The van der Waals surface area contributed by atoms with Gasteiger partial charge in [0.15, 0.2) is 5.66 Å². The molecule has 0 bridgehead atoms. The Kier molecular flexibility index (Phi) is 8.58. The Morgan fingerprint density at radius 3 is 2.69 bits per heavy atom. The number of allylic oxidation sites excluding steroid dienone is 1. The maximum atomic E-state index is 5.86. The Labute approximate surface area is 173 Å². The van der Waals surface area contributed by atoms with Gasteiger partial charge in [-0.2, -0.15) is 10.1 Å². The number of guanidine groups is 2. The molecule has 0 fully saturated rings. The molecule has 26 heavy (non-hydrogen) atoms. The van der Waals surface area contributed by atoms with Gasteiger partial charge in [-0.15, -0.1) is 23.6 Å². The second kappa shape index (κ2) is 9.94. The number of nitrogens with zero attached hydrogens (tertiary/aromatic N) is 3. The van der Waals surface area contributed by atoms with Crippen LogP contribution in [0.1, 0.15) is 25.8 Å². The molecule has 2 rings (SSSR count). The van der Waals surface area contributed by atoms with Crippen molar-refractivity contribution in [3.05, 3.63) is 40.9 Å². The summed E-state index contributed by atoms with van der Waals surface area (Å²) in [6.45, 7) is 8.41. The average Bonchev–Trinajstić information content (AvgIpc) is 2.50. The van der Waals surface area contributed by atoms with E-state index in [-0.39, 0.29) is 28.9 Å². The molecule has 1 aromatic rings. The summed E-state index contributed by atoms with van der Waals surface area (Å²) in [7, 11) is 0. The van der Waals surface area contributed by atoms with Crippen LogP contribution in [0.2, 0.25) is 0 Å². The third-order valence-corrected chi connectivity index (χ3v) is 3.97. The molecule has 0 spiro atoms. The first-order chi connectivity index (χ1) is 11.8. The summed E-state index contributed by atoms with van der Waals surface area (Å²) in [6.07, 6.45) is 3.28. The van der Waals surface area contributed by atoms with Crippen molar-refractivity contribution < 1.29 is 9.57 Å². The smallest absolute Gasteiger partial charge is 0.226 e. The van der Waals surface area contributed by atoms with Crippen molar-refractivity contribution in [2.24, 2.45) is 21.5 Å². The third kappa shape index (κ3) is 6.00. The van der Waals surface area contributed by atoms with Crippen molar-refractivity contribution in [2.75, 3.05) is 13.2 Å². The molecule has 1 aliphatic rings. The first-order valence-electron chi connectivity index (χ1n) is 7.98. The molecule has 1 aromatic carbocycles. The Balaban J connectivity index is 0.00000338.